The summed E-state index contributed by atoms with van der Waals surface area (Å²) in [7, 11) is 0. The molecular formula is C15H24FNOS. The lowest BCUT2D eigenvalue weighted by Crippen LogP contribution is -2.19. The van der Waals surface area contributed by atoms with Crippen LogP contribution < -0.4 is 10.1 Å². The maximum absolute atomic E-state index is 13.8. The van der Waals surface area contributed by atoms with Crippen LogP contribution in [0.5, 0.6) is 5.75 Å². The largest absolute Gasteiger partial charge is 0.490 e. The van der Waals surface area contributed by atoms with Gasteiger partial charge < -0.3 is 10.1 Å². The van der Waals surface area contributed by atoms with Crippen molar-refractivity contribution in [3.63, 3.8) is 0 Å². The summed E-state index contributed by atoms with van der Waals surface area (Å²) in [4.78, 5) is 0. The van der Waals surface area contributed by atoms with E-state index in [-0.39, 0.29) is 5.82 Å². The fourth-order valence-electron chi connectivity index (χ4n) is 1.63. The number of hydrogen-bond acceptors (Lipinski definition) is 3. The predicted molar refractivity (Wildman–Crippen MR) is 81.4 cm³/mol. The summed E-state index contributed by atoms with van der Waals surface area (Å²) in [5.74, 6) is 2.64. The first-order valence-corrected chi connectivity index (χ1v) is 7.98. The molecule has 1 N–H and O–H groups in total. The second-order valence-electron chi connectivity index (χ2n) is 4.83. The molecule has 0 radical (unpaired) electrons. The van der Waals surface area contributed by atoms with Crippen molar-refractivity contribution in [1.82, 2.24) is 5.32 Å². The summed E-state index contributed by atoms with van der Waals surface area (Å²) in [6.07, 6.45) is 0. The Balaban J connectivity index is 2.40. The van der Waals surface area contributed by atoms with Gasteiger partial charge in [-0.25, -0.2) is 4.39 Å². The fourth-order valence-corrected chi connectivity index (χ4v) is 2.12. The zero-order valence-electron chi connectivity index (χ0n) is 12.0. The van der Waals surface area contributed by atoms with E-state index in [1.54, 1.807) is 23.9 Å². The van der Waals surface area contributed by atoms with Gasteiger partial charge in [-0.1, -0.05) is 26.8 Å². The van der Waals surface area contributed by atoms with Crippen LogP contribution in [0.1, 0.15) is 26.3 Å². The standard InChI is InChI=1S/C15H24FNOS/c1-4-19-8-7-18-15-6-5-13(9-14(15)16)11-17-10-12(2)3/h5-6,9,12,17H,4,7-8,10-11H2,1-3H3. The molecule has 0 heterocycles. The van der Waals surface area contributed by atoms with Crippen LogP contribution in [0.3, 0.4) is 0 Å². The number of hydrogen-bond donors (Lipinski definition) is 1. The van der Waals surface area contributed by atoms with Gasteiger partial charge in [0.1, 0.15) is 0 Å². The van der Waals surface area contributed by atoms with Gasteiger partial charge >= 0.3 is 0 Å². The van der Waals surface area contributed by atoms with Crippen molar-refractivity contribution < 1.29 is 9.13 Å². The average molecular weight is 285 g/mol. The van der Waals surface area contributed by atoms with Crippen molar-refractivity contribution >= 4 is 11.8 Å². The molecule has 19 heavy (non-hydrogen) atoms. The van der Waals surface area contributed by atoms with Crippen LogP contribution >= 0.6 is 11.8 Å². The highest BCUT2D eigenvalue weighted by molar-refractivity contribution is 7.99. The van der Waals surface area contributed by atoms with Crippen LogP contribution in [0.25, 0.3) is 0 Å². The normalized spacial score (nSPS) is 11.0. The van der Waals surface area contributed by atoms with Crippen LogP contribution in [0.2, 0.25) is 0 Å². The highest BCUT2D eigenvalue weighted by atomic mass is 32.2. The van der Waals surface area contributed by atoms with E-state index < -0.39 is 0 Å². The quantitative estimate of drug-likeness (QED) is 0.699. The van der Waals surface area contributed by atoms with Crippen LogP contribution in [-0.4, -0.2) is 24.7 Å². The highest BCUT2D eigenvalue weighted by Crippen LogP contribution is 2.18. The van der Waals surface area contributed by atoms with E-state index in [4.69, 9.17) is 4.74 Å². The third-order valence-corrected chi connectivity index (χ3v) is 3.43. The Morgan fingerprint density at radius 2 is 2.16 bits per heavy atom. The average Bonchev–Trinajstić information content (AvgIpc) is 2.36. The van der Waals surface area contributed by atoms with E-state index in [2.05, 4.69) is 26.1 Å². The number of ether oxygens (including phenoxy) is 1. The molecule has 2 nitrogen and oxygen atoms in total. The molecule has 0 amide bonds. The molecule has 0 unspecified atom stereocenters. The van der Waals surface area contributed by atoms with E-state index in [0.717, 1.165) is 23.6 Å². The Kier molecular flexibility index (Phi) is 7.91. The van der Waals surface area contributed by atoms with E-state index in [0.29, 0.717) is 24.8 Å². The molecule has 0 fully saturated rings. The van der Waals surface area contributed by atoms with E-state index in [1.807, 2.05) is 6.07 Å². The molecule has 1 aromatic rings. The van der Waals surface area contributed by atoms with Crippen molar-refractivity contribution in [3.05, 3.63) is 29.6 Å². The van der Waals surface area contributed by atoms with E-state index in [1.165, 1.54) is 0 Å². The van der Waals surface area contributed by atoms with Gasteiger partial charge in [0.2, 0.25) is 0 Å². The monoisotopic (exact) mass is 285 g/mol. The maximum atomic E-state index is 13.8. The molecule has 0 aliphatic rings. The molecule has 1 aromatic carbocycles. The smallest absolute Gasteiger partial charge is 0.165 e. The fraction of sp³-hybridized carbons (Fsp3) is 0.600. The SMILES string of the molecule is CCSCCOc1ccc(CNCC(C)C)cc1F. The van der Waals surface area contributed by atoms with Crippen LogP contribution in [0.15, 0.2) is 18.2 Å². The van der Waals surface area contributed by atoms with Gasteiger partial charge in [0, 0.05) is 12.3 Å². The van der Waals surface area contributed by atoms with Crippen molar-refractivity contribution in [1.29, 1.82) is 0 Å². The lowest BCUT2D eigenvalue weighted by molar-refractivity contribution is 0.324. The number of rotatable bonds is 9. The number of nitrogens with one attached hydrogen (secondary N) is 1. The number of thioether (sulfide) groups is 1. The molecule has 0 saturated heterocycles. The van der Waals surface area contributed by atoms with Gasteiger partial charge in [-0.15, -0.1) is 0 Å². The summed E-state index contributed by atoms with van der Waals surface area (Å²) in [5.41, 5.74) is 0.952. The first-order chi connectivity index (χ1) is 9.13. The lowest BCUT2D eigenvalue weighted by atomic mass is 10.2. The Hall–Kier alpha value is -0.740. The summed E-state index contributed by atoms with van der Waals surface area (Å²) in [5, 5.41) is 3.30. The highest BCUT2D eigenvalue weighted by Gasteiger charge is 2.05. The summed E-state index contributed by atoms with van der Waals surface area (Å²) < 4.78 is 19.2. The van der Waals surface area contributed by atoms with Crippen molar-refractivity contribution in [2.45, 2.75) is 27.3 Å². The minimum atomic E-state index is -0.273. The Morgan fingerprint density at radius 3 is 2.79 bits per heavy atom. The van der Waals surface area contributed by atoms with E-state index in [9.17, 15) is 4.39 Å². The van der Waals surface area contributed by atoms with Crippen molar-refractivity contribution in [2.24, 2.45) is 5.92 Å². The Morgan fingerprint density at radius 1 is 1.37 bits per heavy atom. The molecule has 0 aliphatic carbocycles. The second kappa shape index (κ2) is 9.21. The van der Waals surface area contributed by atoms with Crippen molar-refractivity contribution in [2.75, 3.05) is 24.7 Å². The van der Waals surface area contributed by atoms with Crippen LogP contribution in [-0.2, 0) is 6.54 Å². The zero-order valence-corrected chi connectivity index (χ0v) is 12.9. The molecular weight excluding hydrogens is 261 g/mol. The van der Waals surface area contributed by atoms with Crippen molar-refractivity contribution in [3.8, 4) is 5.75 Å². The minimum absolute atomic E-state index is 0.273. The maximum Gasteiger partial charge on any atom is 0.165 e. The predicted octanol–water partition coefficient (Wildman–Crippen LogP) is 3.70. The van der Waals surface area contributed by atoms with Gasteiger partial charge in [-0.3, -0.25) is 0 Å². The molecule has 1 rings (SSSR count). The molecule has 0 aromatic heterocycles. The molecule has 0 spiro atoms. The molecule has 108 valence electrons. The number of halogens is 1. The summed E-state index contributed by atoms with van der Waals surface area (Å²) in [6.45, 7) is 8.59. The first-order valence-electron chi connectivity index (χ1n) is 6.83. The van der Waals surface area contributed by atoms with Gasteiger partial charge in [0.25, 0.3) is 0 Å². The van der Waals surface area contributed by atoms with Crippen LogP contribution in [0.4, 0.5) is 4.39 Å². The van der Waals surface area contributed by atoms with Crippen LogP contribution in [0, 0.1) is 11.7 Å². The summed E-state index contributed by atoms with van der Waals surface area (Å²) in [6, 6.07) is 5.19. The molecule has 4 heteroatoms. The number of benzene rings is 1. The van der Waals surface area contributed by atoms with E-state index >= 15 is 0 Å². The second-order valence-corrected chi connectivity index (χ2v) is 6.23. The molecule has 0 bridgehead atoms. The van der Waals surface area contributed by atoms with Gasteiger partial charge in [0.05, 0.1) is 6.61 Å². The Labute approximate surface area is 120 Å². The molecule has 0 aliphatic heterocycles. The summed E-state index contributed by atoms with van der Waals surface area (Å²) >= 11 is 1.79. The first kappa shape index (κ1) is 16.3. The van der Waals surface area contributed by atoms with Gasteiger partial charge in [-0.2, -0.15) is 11.8 Å². The third kappa shape index (κ3) is 6.83. The topological polar surface area (TPSA) is 21.3 Å². The lowest BCUT2D eigenvalue weighted by Gasteiger charge is -2.10. The Bertz CT molecular complexity index is 371. The zero-order chi connectivity index (χ0) is 14.1. The molecule has 0 saturated carbocycles. The molecule has 0 atom stereocenters. The van der Waals surface area contributed by atoms with Gasteiger partial charge in [0.15, 0.2) is 11.6 Å². The van der Waals surface area contributed by atoms with Gasteiger partial charge in [-0.05, 0) is 35.9 Å². The minimum Gasteiger partial charge on any atom is -0.490 e. The third-order valence-electron chi connectivity index (χ3n) is 2.57.